The number of amides is 1. The van der Waals surface area contributed by atoms with Crippen molar-refractivity contribution in [3.8, 4) is 11.5 Å². The zero-order valence-electron chi connectivity index (χ0n) is 28.5. The first kappa shape index (κ1) is 40.1. The van der Waals surface area contributed by atoms with Gasteiger partial charge in [-0.3, -0.25) is 4.79 Å². The van der Waals surface area contributed by atoms with Crippen molar-refractivity contribution < 1.29 is 68.0 Å². The minimum Gasteiger partial charge on any atom is -0.457 e. The lowest BCUT2D eigenvalue weighted by Gasteiger charge is -2.50. The number of nitrogens with one attached hydrogen (secondary N) is 1. The van der Waals surface area contributed by atoms with Gasteiger partial charge >= 0.3 is 24.1 Å². The molecule has 2 saturated carbocycles. The SMILES string of the molecule is Cc1cc(Oc2ccc3c(c2)CC[C@@H]2[C@@H]3CC[C@]3(C)[C@@H](OCCCOC(C(F)(F)F)(C(F)(F)F)C(F)(F)F)CC[C@@H]23)cc(F)c1C(=O)NCCCO. The number of ether oxygens (including phenoxy) is 3. The molecule has 52 heavy (non-hydrogen) atoms. The third-order valence-electron chi connectivity index (χ3n) is 11.1. The molecule has 3 aliphatic rings. The molecule has 0 aromatic heterocycles. The standard InChI is InChI=1S/C36H41F10NO5/c1-20-17-23(19-28(37)30(20)31(49)47-13-3-14-48)52-22-6-8-24-21(18-22)5-7-26-25(24)11-12-32(2)27(26)9-10-29(32)50-15-4-16-51-33(34(38,39)40,35(41,42)43)36(44,45)46/h6,8,17-19,25-27,29,48H,3-5,7,9-16H2,1-2H3,(H,47,49)/t25-,26-,27+,29+,32+/m1/s1. The number of aliphatic hydroxyl groups excluding tert-OH is 1. The third kappa shape index (κ3) is 7.48. The molecule has 2 fully saturated rings. The number of benzene rings is 2. The van der Waals surface area contributed by atoms with Gasteiger partial charge in [0.25, 0.3) is 5.91 Å². The monoisotopic (exact) mass is 757 g/mol. The second-order valence-electron chi connectivity index (χ2n) is 14.2. The van der Waals surface area contributed by atoms with Crippen molar-refractivity contribution in [3.05, 3.63) is 58.4 Å². The first-order chi connectivity index (χ1) is 24.2. The lowest BCUT2D eigenvalue weighted by atomic mass is 9.55. The van der Waals surface area contributed by atoms with Gasteiger partial charge in [-0.1, -0.05) is 13.0 Å². The predicted molar refractivity (Wildman–Crippen MR) is 168 cm³/mol. The molecular weight excluding hydrogens is 716 g/mol. The summed E-state index contributed by atoms with van der Waals surface area (Å²) in [5.74, 6) is 0.152. The van der Waals surface area contributed by atoms with Crippen molar-refractivity contribution in [1.29, 1.82) is 0 Å². The predicted octanol–water partition coefficient (Wildman–Crippen LogP) is 9.11. The van der Waals surface area contributed by atoms with E-state index >= 15 is 0 Å². The van der Waals surface area contributed by atoms with Gasteiger partial charge in [-0.05, 0) is 116 Å². The van der Waals surface area contributed by atoms with E-state index in [0.29, 0.717) is 24.2 Å². The third-order valence-corrected chi connectivity index (χ3v) is 11.1. The Kier molecular flexibility index (Phi) is 11.5. The molecule has 2 N–H and O–H groups in total. The highest BCUT2D eigenvalue weighted by Gasteiger charge is 2.85. The molecule has 0 spiro atoms. The van der Waals surface area contributed by atoms with Crippen molar-refractivity contribution in [1.82, 2.24) is 5.32 Å². The molecule has 290 valence electrons. The maximum absolute atomic E-state index is 14.9. The van der Waals surface area contributed by atoms with E-state index in [1.807, 2.05) is 18.2 Å². The Hall–Kier alpha value is -3.11. The van der Waals surface area contributed by atoms with Crippen molar-refractivity contribution in [2.45, 2.75) is 101 Å². The summed E-state index contributed by atoms with van der Waals surface area (Å²) in [6, 6.07) is 8.47. The maximum atomic E-state index is 14.9. The quantitative estimate of drug-likeness (QED) is 0.167. The van der Waals surface area contributed by atoms with Gasteiger partial charge in [0, 0.05) is 25.8 Å². The lowest BCUT2D eigenvalue weighted by molar-refractivity contribution is -0.457. The molecule has 0 aliphatic heterocycles. The van der Waals surface area contributed by atoms with Crippen LogP contribution in [-0.4, -0.2) is 67.6 Å². The molecule has 5 rings (SSSR count). The Balaban J connectivity index is 1.19. The van der Waals surface area contributed by atoms with Crippen LogP contribution < -0.4 is 10.1 Å². The van der Waals surface area contributed by atoms with Crippen LogP contribution in [0.2, 0.25) is 0 Å². The van der Waals surface area contributed by atoms with Gasteiger partial charge in [0.05, 0.1) is 18.3 Å². The molecule has 0 heterocycles. The number of alkyl halides is 9. The van der Waals surface area contributed by atoms with Gasteiger partial charge in [-0.2, -0.15) is 39.5 Å². The van der Waals surface area contributed by atoms with Crippen LogP contribution in [-0.2, 0) is 15.9 Å². The van der Waals surface area contributed by atoms with E-state index < -0.39 is 48.9 Å². The molecule has 2 aromatic carbocycles. The van der Waals surface area contributed by atoms with Gasteiger partial charge in [0.15, 0.2) is 0 Å². The van der Waals surface area contributed by atoms with E-state index in [2.05, 4.69) is 17.0 Å². The van der Waals surface area contributed by atoms with Crippen LogP contribution in [0, 0.1) is 30.0 Å². The molecule has 2 aromatic rings. The van der Waals surface area contributed by atoms with E-state index in [4.69, 9.17) is 14.6 Å². The van der Waals surface area contributed by atoms with Gasteiger partial charge < -0.3 is 24.6 Å². The van der Waals surface area contributed by atoms with Crippen LogP contribution in [0.15, 0.2) is 30.3 Å². The van der Waals surface area contributed by atoms with E-state index in [1.165, 1.54) is 5.56 Å². The summed E-state index contributed by atoms with van der Waals surface area (Å²) in [6.45, 7) is 1.95. The fraction of sp³-hybridized carbons (Fsp3) is 0.639. The summed E-state index contributed by atoms with van der Waals surface area (Å²) < 4.78 is 149. The highest BCUT2D eigenvalue weighted by Crippen LogP contribution is 2.62. The van der Waals surface area contributed by atoms with Gasteiger partial charge in [0.1, 0.15) is 17.3 Å². The average molecular weight is 758 g/mol. The molecule has 3 aliphatic carbocycles. The molecule has 0 bridgehead atoms. The largest absolute Gasteiger partial charge is 0.457 e. The molecule has 6 nitrogen and oxygen atoms in total. The summed E-state index contributed by atoms with van der Waals surface area (Å²) in [7, 11) is 0. The minimum absolute atomic E-state index is 0.0986. The van der Waals surface area contributed by atoms with Gasteiger partial charge in [-0.15, -0.1) is 0 Å². The first-order valence-electron chi connectivity index (χ1n) is 17.2. The first-order valence-corrected chi connectivity index (χ1v) is 17.2. The number of fused-ring (bicyclic) bond motifs is 5. The Labute approximate surface area is 294 Å². The Bertz CT molecular complexity index is 1530. The molecular formula is C36H41F10NO5. The zero-order chi connectivity index (χ0) is 38.3. The molecule has 0 saturated heterocycles. The molecule has 16 heteroatoms. The van der Waals surface area contributed by atoms with Crippen LogP contribution in [0.5, 0.6) is 11.5 Å². The number of hydrogen-bond donors (Lipinski definition) is 2. The van der Waals surface area contributed by atoms with E-state index in [9.17, 15) is 48.7 Å². The second-order valence-corrected chi connectivity index (χ2v) is 14.2. The molecule has 1 amide bonds. The number of carbonyl (C=O) groups excluding carboxylic acids is 1. The van der Waals surface area contributed by atoms with Gasteiger partial charge in [-0.25, -0.2) is 4.39 Å². The fourth-order valence-corrected chi connectivity index (χ4v) is 8.65. The highest BCUT2D eigenvalue weighted by atomic mass is 19.4. The Morgan fingerprint density at radius 3 is 2.23 bits per heavy atom. The summed E-state index contributed by atoms with van der Waals surface area (Å²) in [5, 5.41) is 11.5. The minimum atomic E-state index is -6.77. The smallest absolute Gasteiger partial charge is 0.435 e. The van der Waals surface area contributed by atoms with Crippen LogP contribution in [0.4, 0.5) is 43.9 Å². The van der Waals surface area contributed by atoms with E-state index in [0.717, 1.165) is 43.7 Å². The van der Waals surface area contributed by atoms with Gasteiger partial charge in [0.2, 0.25) is 0 Å². The fourth-order valence-electron chi connectivity index (χ4n) is 8.65. The second kappa shape index (κ2) is 15.0. The Morgan fingerprint density at radius 2 is 1.60 bits per heavy atom. The van der Waals surface area contributed by atoms with Crippen molar-refractivity contribution in [2.24, 2.45) is 17.3 Å². The number of carbonyl (C=O) groups is 1. The Morgan fingerprint density at radius 1 is 0.904 bits per heavy atom. The molecule has 0 unspecified atom stereocenters. The number of hydrogen-bond acceptors (Lipinski definition) is 5. The van der Waals surface area contributed by atoms with Crippen LogP contribution in [0.1, 0.15) is 84.8 Å². The molecule has 0 radical (unpaired) electrons. The summed E-state index contributed by atoms with van der Waals surface area (Å²) in [5.41, 5.74) is -4.06. The summed E-state index contributed by atoms with van der Waals surface area (Å²) in [4.78, 5) is 12.4. The number of aryl methyl sites for hydroxylation is 2. The number of rotatable bonds is 12. The van der Waals surface area contributed by atoms with Crippen LogP contribution in [0.25, 0.3) is 0 Å². The van der Waals surface area contributed by atoms with Crippen molar-refractivity contribution in [3.63, 3.8) is 0 Å². The van der Waals surface area contributed by atoms with E-state index in [1.54, 1.807) is 13.0 Å². The van der Waals surface area contributed by atoms with Crippen molar-refractivity contribution in [2.75, 3.05) is 26.4 Å². The van der Waals surface area contributed by atoms with Crippen molar-refractivity contribution >= 4 is 5.91 Å². The number of halogens is 10. The van der Waals surface area contributed by atoms with E-state index in [-0.39, 0.29) is 60.3 Å². The lowest BCUT2D eigenvalue weighted by Crippen LogP contribution is -2.67. The maximum Gasteiger partial charge on any atom is 0.435 e. The topological polar surface area (TPSA) is 77.0 Å². The summed E-state index contributed by atoms with van der Waals surface area (Å²) in [6.07, 6.45) is -16.4. The summed E-state index contributed by atoms with van der Waals surface area (Å²) >= 11 is 0. The molecule has 5 atom stereocenters. The normalized spacial score (nSPS) is 24.9. The van der Waals surface area contributed by atoms with Crippen LogP contribution in [0.3, 0.4) is 0 Å². The number of aliphatic hydroxyl groups is 1. The average Bonchev–Trinajstić information content (AvgIpc) is 3.36. The highest BCUT2D eigenvalue weighted by molar-refractivity contribution is 5.96. The van der Waals surface area contributed by atoms with Crippen LogP contribution >= 0.6 is 0 Å². The zero-order valence-corrected chi connectivity index (χ0v) is 28.5.